The molecule has 5 nitrogen and oxygen atoms in total. The van der Waals surface area contributed by atoms with Gasteiger partial charge in [-0.1, -0.05) is 43.8 Å². The Balaban J connectivity index is 1.87. The van der Waals surface area contributed by atoms with Crippen molar-refractivity contribution in [1.29, 1.82) is 0 Å². The first-order chi connectivity index (χ1) is 13.5. The van der Waals surface area contributed by atoms with Gasteiger partial charge in [-0.05, 0) is 30.5 Å². The van der Waals surface area contributed by atoms with Crippen molar-refractivity contribution >= 4 is 23.4 Å². The summed E-state index contributed by atoms with van der Waals surface area (Å²) in [6, 6.07) is 6.02. The molecule has 0 unspecified atom stereocenters. The maximum atomic E-state index is 13.5. The van der Waals surface area contributed by atoms with Gasteiger partial charge >= 0.3 is 0 Å². The van der Waals surface area contributed by atoms with Crippen molar-refractivity contribution in [2.75, 3.05) is 5.32 Å². The monoisotopic (exact) mass is 399 g/mol. The minimum atomic E-state index is -0.477. The van der Waals surface area contributed by atoms with Crippen molar-refractivity contribution in [2.24, 2.45) is 5.92 Å². The molecule has 4 rings (SSSR count). The molecule has 1 aliphatic carbocycles. The van der Waals surface area contributed by atoms with Crippen molar-refractivity contribution < 1.29 is 9.18 Å². The summed E-state index contributed by atoms with van der Waals surface area (Å²) in [5.41, 5.74) is 1.72. The van der Waals surface area contributed by atoms with Crippen molar-refractivity contribution in [1.82, 2.24) is 9.97 Å². The van der Waals surface area contributed by atoms with Crippen molar-refractivity contribution in [2.45, 2.75) is 49.4 Å². The fourth-order valence-electron chi connectivity index (χ4n) is 3.83. The maximum Gasteiger partial charge on any atom is 0.257 e. The van der Waals surface area contributed by atoms with E-state index in [0.29, 0.717) is 34.6 Å². The third-order valence-electron chi connectivity index (χ3n) is 5.39. The van der Waals surface area contributed by atoms with Crippen LogP contribution in [0.3, 0.4) is 0 Å². The summed E-state index contributed by atoms with van der Waals surface area (Å²) in [5.74, 6) is -0.725. The van der Waals surface area contributed by atoms with Crippen molar-refractivity contribution in [3.05, 3.63) is 63.3 Å². The van der Waals surface area contributed by atoms with Crippen LogP contribution in [0.25, 0.3) is 0 Å². The van der Waals surface area contributed by atoms with Crippen LogP contribution in [0.1, 0.15) is 50.2 Å². The van der Waals surface area contributed by atoms with E-state index in [4.69, 9.17) is 0 Å². The zero-order valence-corrected chi connectivity index (χ0v) is 16.6. The van der Waals surface area contributed by atoms with E-state index in [1.807, 2.05) is 6.08 Å². The third-order valence-corrected chi connectivity index (χ3v) is 6.55. The molecular weight excluding hydrogens is 377 g/mol. The number of Topliss-reactive ketones (excluding diaryl/α,β-unsaturated/α-hetero) is 1. The lowest BCUT2D eigenvalue weighted by Gasteiger charge is -2.36. The van der Waals surface area contributed by atoms with Crippen LogP contribution in [0.5, 0.6) is 0 Å². The number of rotatable bonds is 4. The van der Waals surface area contributed by atoms with Gasteiger partial charge < -0.3 is 10.3 Å². The zero-order valence-electron chi connectivity index (χ0n) is 15.8. The first-order valence-corrected chi connectivity index (χ1v) is 10.4. The predicted molar refractivity (Wildman–Crippen MR) is 108 cm³/mol. The lowest BCUT2D eigenvalue weighted by molar-refractivity contribution is -0.122. The number of carbonyl (C=O) groups excluding carboxylic acids is 1. The molecule has 0 saturated carbocycles. The molecule has 146 valence electrons. The number of hydrogen-bond donors (Lipinski definition) is 2. The summed E-state index contributed by atoms with van der Waals surface area (Å²) < 4.78 is 13.5. The number of anilines is 1. The highest BCUT2D eigenvalue weighted by atomic mass is 32.2. The fraction of sp³-hybridized carbons (Fsp3) is 0.381. The fourth-order valence-corrected chi connectivity index (χ4v) is 4.67. The van der Waals surface area contributed by atoms with E-state index in [2.05, 4.69) is 29.1 Å². The minimum Gasteiger partial charge on any atom is -0.343 e. The summed E-state index contributed by atoms with van der Waals surface area (Å²) in [7, 11) is 0. The zero-order chi connectivity index (χ0) is 19.8. The van der Waals surface area contributed by atoms with Gasteiger partial charge in [0.15, 0.2) is 5.16 Å². The Bertz CT molecular complexity index is 1000. The topological polar surface area (TPSA) is 74.8 Å². The van der Waals surface area contributed by atoms with Crippen LogP contribution in [-0.4, -0.2) is 21.0 Å². The van der Waals surface area contributed by atoms with E-state index in [0.717, 1.165) is 17.7 Å². The summed E-state index contributed by atoms with van der Waals surface area (Å²) >= 11 is 1.52. The number of ketones is 1. The van der Waals surface area contributed by atoms with Gasteiger partial charge in [0.2, 0.25) is 0 Å². The number of fused-ring (bicyclic) bond motifs is 2. The van der Waals surface area contributed by atoms with Gasteiger partial charge in [0.25, 0.3) is 5.56 Å². The highest BCUT2D eigenvalue weighted by molar-refractivity contribution is 7.99. The SMILES string of the molecule is CC[C@@H](C)Sc1nc2c(c(=O)[nH]1)[C@H](c1ccc(F)cc1)[C@H]1C(=O)CCC=C1N2. The van der Waals surface area contributed by atoms with Gasteiger partial charge in [0.1, 0.15) is 17.4 Å². The van der Waals surface area contributed by atoms with Crippen LogP contribution in [0.2, 0.25) is 0 Å². The summed E-state index contributed by atoms with van der Waals surface area (Å²) in [4.78, 5) is 33.3. The van der Waals surface area contributed by atoms with E-state index in [1.54, 1.807) is 12.1 Å². The van der Waals surface area contributed by atoms with Gasteiger partial charge in [-0.25, -0.2) is 9.37 Å². The molecule has 2 aliphatic rings. The number of aromatic amines is 1. The highest BCUT2D eigenvalue weighted by Crippen LogP contribution is 2.44. The first kappa shape index (κ1) is 18.9. The van der Waals surface area contributed by atoms with E-state index < -0.39 is 11.8 Å². The normalized spacial score (nSPS) is 22.0. The largest absolute Gasteiger partial charge is 0.343 e. The summed E-state index contributed by atoms with van der Waals surface area (Å²) in [6.07, 6.45) is 4.08. The van der Waals surface area contributed by atoms with Crippen LogP contribution < -0.4 is 10.9 Å². The van der Waals surface area contributed by atoms with E-state index in [-0.39, 0.29) is 17.2 Å². The molecule has 0 amide bonds. The Hall–Kier alpha value is -2.41. The van der Waals surface area contributed by atoms with Crippen LogP contribution in [-0.2, 0) is 4.79 Å². The number of allylic oxidation sites excluding steroid dienone is 2. The molecule has 0 saturated heterocycles. The molecule has 2 N–H and O–H groups in total. The molecule has 7 heteroatoms. The Kier molecular flexibility index (Phi) is 5.10. The van der Waals surface area contributed by atoms with Gasteiger partial charge in [0.05, 0.1) is 11.5 Å². The quantitative estimate of drug-likeness (QED) is 0.595. The number of H-pyrrole nitrogens is 1. The number of nitrogens with zero attached hydrogens (tertiary/aromatic N) is 1. The lowest BCUT2D eigenvalue weighted by atomic mass is 9.72. The van der Waals surface area contributed by atoms with Gasteiger partial charge in [-0.15, -0.1) is 0 Å². The number of benzene rings is 1. The molecule has 1 aliphatic heterocycles. The number of aromatic nitrogens is 2. The maximum absolute atomic E-state index is 13.5. The summed E-state index contributed by atoms with van der Waals surface area (Å²) in [6.45, 7) is 4.16. The smallest absolute Gasteiger partial charge is 0.257 e. The Labute approximate surface area is 166 Å². The molecule has 1 aromatic heterocycles. The molecule has 0 fully saturated rings. The van der Waals surface area contributed by atoms with Crippen LogP contribution >= 0.6 is 11.8 Å². The molecule has 0 spiro atoms. The highest BCUT2D eigenvalue weighted by Gasteiger charge is 2.42. The average molecular weight is 399 g/mol. The van der Waals surface area contributed by atoms with Crippen LogP contribution in [0, 0.1) is 11.7 Å². The first-order valence-electron chi connectivity index (χ1n) is 9.54. The average Bonchev–Trinajstić information content (AvgIpc) is 2.67. The third kappa shape index (κ3) is 3.39. The van der Waals surface area contributed by atoms with Crippen LogP contribution in [0.15, 0.2) is 46.0 Å². The predicted octanol–water partition coefficient (Wildman–Crippen LogP) is 4.22. The van der Waals surface area contributed by atoms with Crippen molar-refractivity contribution in [3.8, 4) is 0 Å². The van der Waals surface area contributed by atoms with Gasteiger partial charge in [-0.3, -0.25) is 9.59 Å². The molecule has 3 atom stereocenters. The summed E-state index contributed by atoms with van der Waals surface area (Å²) in [5, 5.41) is 4.11. The second kappa shape index (κ2) is 7.54. The van der Waals surface area contributed by atoms with Gasteiger partial charge in [0, 0.05) is 23.3 Å². The number of carbonyl (C=O) groups is 1. The van der Waals surface area contributed by atoms with Gasteiger partial charge in [-0.2, -0.15) is 0 Å². The van der Waals surface area contributed by atoms with E-state index in [1.165, 1.54) is 23.9 Å². The van der Waals surface area contributed by atoms with Crippen LogP contribution in [0.4, 0.5) is 10.2 Å². The van der Waals surface area contributed by atoms with E-state index >= 15 is 0 Å². The lowest BCUT2D eigenvalue weighted by Crippen LogP contribution is -2.38. The Morgan fingerprint density at radius 1 is 1.25 bits per heavy atom. The molecule has 1 aromatic carbocycles. The Morgan fingerprint density at radius 2 is 2.00 bits per heavy atom. The number of hydrogen-bond acceptors (Lipinski definition) is 5. The second-order valence-corrected chi connectivity index (χ2v) is 8.69. The standard InChI is InChI=1S/C21H22FN3O2S/c1-3-11(2)28-21-24-19-18(20(27)25-21)16(12-7-9-13(22)10-8-12)17-14(23-19)5-4-6-15(17)26/h5,7-11,16-17H,3-4,6H2,1-2H3,(H2,23,24,25,27)/t11-,16-,17-/m1/s1. The second-order valence-electron chi connectivity index (χ2n) is 7.27. The molecule has 2 heterocycles. The molecular formula is C21H22FN3O2S. The number of halogens is 1. The van der Waals surface area contributed by atoms with E-state index in [9.17, 15) is 14.0 Å². The molecule has 2 aromatic rings. The number of nitrogens with one attached hydrogen (secondary N) is 2. The minimum absolute atomic E-state index is 0.0856. The molecule has 0 radical (unpaired) electrons. The van der Waals surface area contributed by atoms with Crippen molar-refractivity contribution in [3.63, 3.8) is 0 Å². The number of thioether (sulfide) groups is 1. The Morgan fingerprint density at radius 3 is 2.71 bits per heavy atom. The molecule has 0 bridgehead atoms. The molecule has 28 heavy (non-hydrogen) atoms.